The molecule has 8 nitrogen and oxygen atoms in total. The lowest BCUT2D eigenvalue weighted by atomic mass is 9.50. The Morgan fingerprint density at radius 2 is 1.87 bits per heavy atom. The predicted molar refractivity (Wildman–Crippen MR) is 101 cm³/mol. The smallest absolute Gasteiger partial charge is 0.337 e. The summed E-state index contributed by atoms with van der Waals surface area (Å²) in [6, 6.07) is 12.4. The van der Waals surface area contributed by atoms with E-state index in [1.807, 2.05) is 19.1 Å². The van der Waals surface area contributed by atoms with E-state index in [4.69, 9.17) is 19.6 Å². The summed E-state index contributed by atoms with van der Waals surface area (Å²) >= 11 is 0. The van der Waals surface area contributed by atoms with Crippen LogP contribution in [0.4, 0.5) is 0 Å². The lowest BCUT2D eigenvalue weighted by Crippen LogP contribution is -2.60. The van der Waals surface area contributed by atoms with Crippen molar-refractivity contribution in [2.24, 2.45) is 22.7 Å². The van der Waals surface area contributed by atoms with Crippen LogP contribution in [0.25, 0.3) is 0 Å². The molecule has 2 heterocycles. The molecule has 1 aromatic rings. The third-order valence-electron chi connectivity index (χ3n) is 6.81. The Balaban J connectivity index is 1.91. The zero-order chi connectivity index (χ0) is 21.7. The molecule has 0 radical (unpaired) electrons. The van der Waals surface area contributed by atoms with E-state index in [1.54, 1.807) is 12.1 Å². The maximum atomic E-state index is 11.8. The number of methoxy groups -OCH3 is 1. The second-order valence-corrected chi connectivity index (χ2v) is 8.24. The zero-order valence-electron chi connectivity index (χ0n) is 16.6. The first-order valence-electron chi connectivity index (χ1n) is 9.72. The number of ether oxygens (including phenoxy) is 3. The molecular weight excluding hydrogens is 384 g/mol. The first kappa shape index (κ1) is 19.9. The number of esters is 1. The lowest BCUT2D eigenvalue weighted by molar-refractivity contribution is -0.298. The molecule has 2 aliphatic heterocycles. The molecule has 1 aromatic carbocycles. The highest BCUT2D eigenvalue weighted by atomic mass is 16.7. The van der Waals surface area contributed by atoms with Gasteiger partial charge in [-0.2, -0.15) is 15.8 Å². The van der Waals surface area contributed by atoms with Crippen molar-refractivity contribution in [2.75, 3.05) is 7.11 Å². The van der Waals surface area contributed by atoms with E-state index >= 15 is 0 Å². The monoisotopic (exact) mass is 404 g/mol. The molecule has 1 aliphatic carbocycles. The van der Waals surface area contributed by atoms with Gasteiger partial charge in [-0.25, -0.2) is 4.79 Å². The van der Waals surface area contributed by atoms with E-state index in [-0.39, 0.29) is 11.8 Å². The van der Waals surface area contributed by atoms with Crippen LogP contribution in [0.5, 0.6) is 0 Å². The Labute approximate surface area is 174 Å². The maximum Gasteiger partial charge on any atom is 0.337 e. The second kappa shape index (κ2) is 6.55. The standard InChI is InChI=1S/C22H20N4O4/c1-13-7-8-22-16(9-13)21(12-25,19(26)30-22)20(10-23,11-24)17(29-22)14-3-5-15(6-4-14)18(27)28-2/h3-6,13,16-17,26H,7-9H2,1-2H3. The Morgan fingerprint density at radius 1 is 1.20 bits per heavy atom. The van der Waals surface area contributed by atoms with E-state index < -0.39 is 34.6 Å². The van der Waals surface area contributed by atoms with Crippen molar-refractivity contribution in [1.82, 2.24) is 0 Å². The zero-order valence-corrected chi connectivity index (χ0v) is 16.6. The normalized spacial score (nSPS) is 35.7. The van der Waals surface area contributed by atoms with Crippen LogP contribution >= 0.6 is 0 Å². The molecule has 0 aromatic heterocycles. The topological polar surface area (TPSA) is 140 Å². The highest BCUT2D eigenvalue weighted by Crippen LogP contribution is 2.69. The second-order valence-electron chi connectivity index (χ2n) is 8.24. The van der Waals surface area contributed by atoms with Crippen molar-refractivity contribution in [2.45, 2.75) is 38.1 Å². The quantitative estimate of drug-likeness (QED) is 0.746. The predicted octanol–water partition coefficient (Wildman–Crippen LogP) is 3.23. The number of hydrogen-bond acceptors (Lipinski definition) is 8. The number of hydrogen-bond donors (Lipinski definition) is 1. The summed E-state index contributed by atoms with van der Waals surface area (Å²) in [5, 5.41) is 39.2. The summed E-state index contributed by atoms with van der Waals surface area (Å²) in [5.41, 5.74) is -2.95. The fourth-order valence-electron chi connectivity index (χ4n) is 5.24. The van der Waals surface area contributed by atoms with E-state index in [0.717, 1.165) is 6.42 Å². The molecule has 152 valence electrons. The summed E-state index contributed by atoms with van der Waals surface area (Å²) in [4.78, 5) is 11.8. The Morgan fingerprint density at radius 3 is 2.43 bits per heavy atom. The number of nitriles is 3. The van der Waals surface area contributed by atoms with Gasteiger partial charge in [-0.15, -0.1) is 0 Å². The first-order chi connectivity index (χ1) is 14.3. The maximum absolute atomic E-state index is 11.8. The number of carbonyl (C=O) groups excluding carboxylic acids is 1. The van der Waals surface area contributed by atoms with Gasteiger partial charge in [0.2, 0.25) is 17.1 Å². The number of rotatable bonds is 2. The molecule has 0 amide bonds. The third kappa shape index (κ3) is 2.22. The third-order valence-corrected chi connectivity index (χ3v) is 6.81. The average molecular weight is 404 g/mol. The highest BCUT2D eigenvalue weighted by Gasteiger charge is 2.80. The Hall–Kier alpha value is -3.41. The van der Waals surface area contributed by atoms with Gasteiger partial charge in [0.15, 0.2) is 5.41 Å². The molecule has 1 N–H and O–H groups in total. The summed E-state index contributed by atoms with van der Waals surface area (Å²) in [7, 11) is 1.28. The van der Waals surface area contributed by atoms with Gasteiger partial charge in [-0.05, 0) is 36.5 Å². The van der Waals surface area contributed by atoms with Crippen LogP contribution in [-0.4, -0.2) is 24.8 Å². The number of carbonyl (C=O) groups is 1. The average Bonchev–Trinajstić information content (AvgIpc) is 2.97. The van der Waals surface area contributed by atoms with E-state index in [9.17, 15) is 20.6 Å². The molecule has 4 rings (SSSR count). The fraction of sp³-hybridized carbons (Fsp3) is 0.500. The molecular formula is C22H20N4O4. The van der Waals surface area contributed by atoms with Crippen molar-refractivity contribution < 1.29 is 19.0 Å². The van der Waals surface area contributed by atoms with Crippen molar-refractivity contribution >= 4 is 11.9 Å². The molecule has 0 spiro atoms. The molecule has 30 heavy (non-hydrogen) atoms. The highest BCUT2D eigenvalue weighted by molar-refractivity contribution is 5.90. The minimum atomic E-state index is -1.98. The molecule has 2 bridgehead atoms. The van der Waals surface area contributed by atoms with Crippen molar-refractivity contribution in [3.8, 4) is 18.2 Å². The number of nitrogens with one attached hydrogen (secondary N) is 1. The van der Waals surface area contributed by atoms with E-state index in [1.165, 1.54) is 19.2 Å². The summed E-state index contributed by atoms with van der Waals surface area (Å²) < 4.78 is 16.9. The first-order valence-corrected chi connectivity index (χ1v) is 9.72. The Kier molecular flexibility index (Phi) is 4.34. The lowest BCUT2D eigenvalue weighted by Gasteiger charge is -2.52. The summed E-state index contributed by atoms with van der Waals surface area (Å²) in [6.45, 7) is 2.04. The molecule has 3 fully saturated rings. The van der Waals surface area contributed by atoms with Gasteiger partial charge in [0.1, 0.15) is 6.10 Å². The molecule has 1 saturated carbocycles. The van der Waals surface area contributed by atoms with Gasteiger partial charge < -0.3 is 14.2 Å². The van der Waals surface area contributed by atoms with E-state index in [2.05, 4.69) is 6.07 Å². The largest absolute Gasteiger partial charge is 0.465 e. The molecule has 5 unspecified atom stereocenters. The fourth-order valence-corrected chi connectivity index (χ4v) is 5.24. The van der Waals surface area contributed by atoms with Gasteiger partial charge in [-0.3, -0.25) is 5.41 Å². The molecule has 3 aliphatic rings. The molecule has 2 saturated heterocycles. The van der Waals surface area contributed by atoms with Crippen molar-refractivity contribution in [1.29, 1.82) is 21.2 Å². The van der Waals surface area contributed by atoms with Gasteiger partial charge in [0.05, 0.1) is 36.8 Å². The SMILES string of the molecule is COC(=O)c1ccc(C2OC34CCC(C)CC3C(C#N)(C(=N)O4)C2(C#N)C#N)cc1. The van der Waals surface area contributed by atoms with Crippen LogP contribution in [0.1, 0.15) is 48.2 Å². The van der Waals surface area contributed by atoms with Gasteiger partial charge >= 0.3 is 5.97 Å². The van der Waals surface area contributed by atoms with Crippen LogP contribution < -0.4 is 0 Å². The molecule has 5 atom stereocenters. The number of benzene rings is 1. The number of nitrogens with zero attached hydrogens (tertiary/aromatic N) is 3. The Bertz CT molecular complexity index is 1030. The minimum Gasteiger partial charge on any atom is -0.465 e. The van der Waals surface area contributed by atoms with E-state index in [0.29, 0.717) is 24.0 Å². The van der Waals surface area contributed by atoms with Crippen LogP contribution in [-0.2, 0) is 14.2 Å². The van der Waals surface area contributed by atoms with Crippen LogP contribution in [0.2, 0.25) is 0 Å². The van der Waals surface area contributed by atoms with Crippen LogP contribution in [0.15, 0.2) is 24.3 Å². The van der Waals surface area contributed by atoms with Crippen molar-refractivity contribution in [3.63, 3.8) is 0 Å². The van der Waals surface area contributed by atoms with Gasteiger partial charge in [0.25, 0.3) is 0 Å². The molecule has 8 heteroatoms. The summed E-state index contributed by atoms with van der Waals surface area (Å²) in [5.74, 6) is -2.45. The summed E-state index contributed by atoms with van der Waals surface area (Å²) in [6.07, 6.45) is 0.653. The minimum absolute atomic E-state index is 0.250. The van der Waals surface area contributed by atoms with Crippen molar-refractivity contribution in [3.05, 3.63) is 35.4 Å². The van der Waals surface area contributed by atoms with Gasteiger partial charge in [0, 0.05) is 6.42 Å². The van der Waals surface area contributed by atoms with Crippen LogP contribution in [0.3, 0.4) is 0 Å². The van der Waals surface area contributed by atoms with Crippen LogP contribution in [0, 0.1) is 62.1 Å². The van der Waals surface area contributed by atoms with Gasteiger partial charge in [-0.1, -0.05) is 19.1 Å².